The minimum atomic E-state index is -0.499. The summed E-state index contributed by atoms with van der Waals surface area (Å²) in [5, 5.41) is 6.49. The number of ether oxygens (including phenoxy) is 1. The zero-order valence-electron chi connectivity index (χ0n) is 11.9. The van der Waals surface area contributed by atoms with Gasteiger partial charge in [-0.15, -0.1) is 0 Å². The highest BCUT2D eigenvalue weighted by Crippen LogP contribution is 2.23. The Labute approximate surface area is 129 Å². The molecule has 1 saturated heterocycles. The summed E-state index contributed by atoms with van der Waals surface area (Å²) in [5.41, 5.74) is 0.695. The van der Waals surface area contributed by atoms with E-state index < -0.39 is 5.97 Å². The monoisotopic (exact) mass is 310 g/mol. The largest absolute Gasteiger partial charge is 0.465 e. The molecule has 1 unspecified atom stereocenters. The van der Waals surface area contributed by atoms with E-state index in [0.717, 1.165) is 25.9 Å². The van der Waals surface area contributed by atoms with Crippen LogP contribution in [-0.2, 0) is 9.53 Å². The molecule has 0 aliphatic carbocycles. The van der Waals surface area contributed by atoms with E-state index in [4.69, 9.17) is 16.3 Å². The van der Waals surface area contributed by atoms with Gasteiger partial charge in [-0.2, -0.15) is 0 Å². The molecule has 1 heterocycles. The highest BCUT2D eigenvalue weighted by atomic mass is 35.5. The molecule has 1 aromatic rings. The quantitative estimate of drug-likeness (QED) is 0.838. The van der Waals surface area contributed by atoms with Crippen molar-refractivity contribution < 1.29 is 14.3 Å². The average molecular weight is 311 g/mol. The number of hydrogen-bond acceptors (Lipinski definition) is 4. The summed E-state index contributed by atoms with van der Waals surface area (Å²) in [6.07, 6.45) is 2.56. The molecular weight excluding hydrogens is 292 g/mol. The standard InChI is InChI=1S/C15H19ClN2O3/c1-21-15(20)12-5-4-11(16)8-13(12)18-14(19)7-10-3-2-6-17-9-10/h4-5,8,10,17H,2-3,6-7,9H2,1H3,(H,18,19). The van der Waals surface area contributed by atoms with E-state index in [9.17, 15) is 9.59 Å². The minimum absolute atomic E-state index is 0.115. The van der Waals surface area contributed by atoms with Gasteiger partial charge in [-0.1, -0.05) is 11.6 Å². The topological polar surface area (TPSA) is 67.4 Å². The van der Waals surface area contributed by atoms with Gasteiger partial charge in [0.2, 0.25) is 5.91 Å². The summed E-state index contributed by atoms with van der Waals surface area (Å²) in [5.74, 6) is -0.281. The normalized spacial score (nSPS) is 18.1. The number of methoxy groups -OCH3 is 1. The van der Waals surface area contributed by atoms with Gasteiger partial charge in [0.15, 0.2) is 0 Å². The Morgan fingerprint density at radius 1 is 1.48 bits per heavy atom. The second-order valence-electron chi connectivity index (χ2n) is 5.15. The third-order valence-electron chi connectivity index (χ3n) is 3.53. The van der Waals surface area contributed by atoms with Crippen molar-refractivity contribution in [2.75, 3.05) is 25.5 Å². The predicted octanol–water partition coefficient (Wildman–Crippen LogP) is 2.45. The van der Waals surface area contributed by atoms with Gasteiger partial charge < -0.3 is 15.4 Å². The second-order valence-corrected chi connectivity index (χ2v) is 5.58. The van der Waals surface area contributed by atoms with Crippen molar-refractivity contribution in [1.82, 2.24) is 5.32 Å². The van der Waals surface area contributed by atoms with Crippen molar-refractivity contribution >= 4 is 29.2 Å². The van der Waals surface area contributed by atoms with Gasteiger partial charge in [0.25, 0.3) is 0 Å². The fourth-order valence-corrected chi connectivity index (χ4v) is 2.64. The van der Waals surface area contributed by atoms with E-state index in [-0.39, 0.29) is 5.91 Å². The van der Waals surface area contributed by atoms with Crippen molar-refractivity contribution in [3.05, 3.63) is 28.8 Å². The zero-order chi connectivity index (χ0) is 15.2. The summed E-state index contributed by atoms with van der Waals surface area (Å²) < 4.78 is 4.71. The number of halogens is 1. The number of benzene rings is 1. The number of hydrogen-bond donors (Lipinski definition) is 2. The van der Waals surface area contributed by atoms with Gasteiger partial charge in [0, 0.05) is 11.4 Å². The summed E-state index contributed by atoms with van der Waals surface area (Å²) in [7, 11) is 1.30. The molecule has 1 amide bonds. The van der Waals surface area contributed by atoms with Gasteiger partial charge in [0.05, 0.1) is 18.4 Å². The van der Waals surface area contributed by atoms with E-state index in [0.29, 0.717) is 28.6 Å². The third-order valence-corrected chi connectivity index (χ3v) is 3.77. The van der Waals surface area contributed by atoms with Crippen LogP contribution < -0.4 is 10.6 Å². The van der Waals surface area contributed by atoms with Crippen LogP contribution in [0.5, 0.6) is 0 Å². The number of carbonyl (C=O) groups excluding carboxylic acids is 2. The van der Waals surface area contributed by atoms with Gasteiger partial charge in [0.1, 0.15) is 0 Å². The first kappa shape index (κ1) is 15.8. The number of rotatable bonds is 4. The first-order chi connectivity index (χ1) is 10.1. The van der Waals surface area contributed by atoms with Crippen LogP contribution in [0.2, 0.25) is 5.02 Å². The van der Waals surface area contributed by atoms with Crippen LogP contribution in [0.25, 0.3) is 0 Å². The maximum absolute atomic E-state index is 12.1. The SMILES string of the molecule is COC(=O)c1ccc(Cl)cc1NC(=O)CC1CCCNC1. The van der Waals surface area contributed by atoms with Gasteiger partial charge >= 0.3 is 5.97 Å². The van der Waals surface area contributed by atoms with Gasteiger partial charge in [-0.05, 0) is 50.0 Å². The van der Waals surface area contributed by atoms with Crippen LogP contribution >= 0.6 is 11.6 Å². The van der Waals surface area contributed by atoms with Crippen molar-refractivity contribution in [2.45, 2.75) is 19.3 Å². The number of anilines is 1. The lowest BCUT2D eigenvalue weighted by Crippen LogP contribution is -2.32. The molecule has 1 aliphatic heterocycles. The van der Waals surface area contributed by atoms with Crippen LogP contribution in [-0.4, -0.2) is 32.1 Å². The number of piperidine rings is 1. The van der Waals surface area contributed by atoms with Crippen LogP contribution in [0, 0.1) is 5.92 Å². The predicted molar refractivity (Wildman–Crippen MR) is 81.6 cm³/mol. The Bertz CT molecular complexity index is 528. The smallest absolute Gasteiger partial charge is 0.339 e. The molecule has 1 atom stereocenters. The minimum Gasteiger partial charge on any atom is -0.465 e. The lowest BCUT2D eigenvalue weighted by Gasteiger charge is -2.22. The average Bonchev–Trinajstić information content (AvgIpc) is 2.47. The van der Waals surface area contributed by atoms with E-state index >= 15 is 0 Å². The van der Waals surface area contributed by atoms with E-state index in [2.05, 4.69) is 10.6 Å². The second kappa shape index (κ2) is 7.43. The van der Waals surface area contributed by atoms with Gasteiger partial charge in [-0.25, -0.2) is 4.79 Å². The molecule has 5 nitrogen and oxygen atoms in total. The summed E-state index contributed by atoms with van der Waals surface area (Å²) in [6, 6.07) is 4.70. The van der Waals surface area contributed by atoms with Crippen LogP contribution in [0.15, 0.2) is 18.2 Å². The van der Waals surface area contributed by atoms with E-state index in [1.165, 1.54) is 7.11 Å². The Hall–Kier alpha value is -1.59. The number of carbonyl (C=O) groups is 2. The fourth-order valence-electron chi connectivity index (χ4n) is 2.47. The van der Waals surface area contributed by atoms with Crippen LogP contribution in [0.4, 0.5) is 5.69 Å². The Kier molecular flexibility index (Phi) is 5.59. The first-order valence-electron chi connectivity index (χ1n) is 6.98. The Morgan fingerprint density at radius 3 is 2.95 bits per heavy atom. The van der Waals surface area contributed by atoms with Crippen molar-refractivity contribution in [3.63, 3.8) is 0 Å². The number of nitrogens with one attached hydrogen (secondary N) is 2. The van der Waals surface area contributed by atoms with E-state index in [1.54, 1.807) is 18.2 Å². The van der Waals surface area contributed by atoms with E-state index in [1.807, 2.05) is 0 Å². The maximum Gasteiger partial charge on any atom is 0.339 e. The third kappa shape index (κ3) is 4.44. The molecule has 2 rings (SSSR count). The zero-order valence-corrected chi connectivity index (χ0v) is 12.7. The fraction of sp³-hybridized carbons (Fsp3) is 0.467. The molecule has 0 aromatic heterocycles. The molecule has 1 aromatic carbocycles. The van der Waals surface area contributed by atoms with Crippen molar-refractivity contribution in [3.8, 4) is 0 Å². The molecule has 2 N–H and O–H groups in total. The molecule has 114 valence electrons. The molecule has 0 radical (unpaired) electrons. The molecule has 0 spiro atoms. The summed E-state index contributed by atoms with van der Waals surface area (Å²) in [6.45, 7) is 1.87. The Morgan fingerprint density at radius 2 is 2.29 bits per heavy atom. The molecule has 21 heavy (non-hydrogen) atoms. The first-order valence-corrected chi connectivity index (χ1v) is 7.36. The number of amides is 1. The molecule has 0 bridgehead atoms. The number of esters is 1. The van der Waals surface area contributed by atoms with Crippen LogP contribution in [0.3, 0.4) is 0 Å². The summed E-state index contributed by atoms with van der Waals surface area (Å²) >= 11 is 5.93. The lowest BCUT2D eigenvalue weighted by atomic mass is 9.96. The van der Waals surface area contributed by atoms with Crippen molar-refractivity contribution in [1.29, 1.82) is 0 Å². The summed E-state index contributed by atoms with van der Waals surface area (Å²) in [4.78, 5) is 23.8. The molecule has 0 saturated carbocycles. The Balaban J connectivity index is 2.05. The van der Waals surface area contributed by atoms with Gasteiger partial charge in [-0.3, -0.25) is 4.79 Å². The molecule has 1 fully saturated rings. The van der Waals surface area contributed by atoms with Crippen molar-refractivity contribution in [2.24, 2.45) is 5.92 Å². The molecule has 1 aliphatic rings. The maximum atomic E-state index is 12.1. The molecular formula is C15H19ClN2O3. The highest BCUT2D eigenvalue weighted by Gasteiger charge is 2.19. The lowest BCUT2D eigenvalue weighted by molar-refractivity contribution is -0.117. The van der Waals surface area contributed by atoms with Crippen LogP contribution in [0.1, 0.15) is 29.6 Å². The molecule has 6 heteroatoms. The highest BCUT2D eigenvalue weighted by molar-refractivity contribution is 6.31.